The van der Waals surface area contributed by atoms with E-state index in [2.05, 4.69) is 15.4 Å². The molecular formula is C17H13ClF2N2O4. The highest BCUT2D eigenvalue weighted by atomic mass is 35.5. The lowest BCUT2D eigenvalue weighted by atomic mass is 10.2. The number of benzene rings is 2. The summed E-state index contributed by atoms with van der Waals surface area (Å²) in [6.45, 7) is -1.18. The summed E-state index contributed by atoms with van der Waals surface area (Å²) in [5.74, 6) is -3.68. The number of hydrogen-bond acceptors (Lipinski definition) is 4. The van der Waals surface area contributed by atoms with Crippen molar-refractivity contribution < 1.29 is 27.9 Å². The van der Waals surface area contributed by atoms with Gasteiger partial charge in [0.05, 0.1) is 16.3 Å². The molecule has 0 aliphatic carbocycles. The van der Waals surface area contributed by atoms with Gasteiger partial charge in [-0.05, 0) is 30.3 Å². The second-order valence-corrected chi connectivity index (χ2v) is 5.40. The summed E-state index contributed by atoms with van der Waals surface area (Å²) < 4.78 is 31.0. The molecule has 2 amide bonds. The molecule has 2 rings (SSSR count). The van der Waals surface area contributed by atoms with Crippen molar-refractivity contribution in [3.63, 3.8) is 0 Å². The Morgan fingerprint density at radius 2 is 1.81 bits per heavy atom. The van der Waals surface area contributed by atoms with Crippen molar-refractivity contribution in [2.24, 2.45) is 0 Å². The van der Waals surface area contributed by atoms with Crippen LogP contribution in [0.4, 0.5) is 14.5 Å². The zero-order valence-electron chi connectivity index (χ0n) is 13.2. The van der Waals surface area contributed by atoms with E-state index < -0.39 is 42.6 Å². The Balaban J connectivity index is 1.77. The first kappa shape index (κ1) is 19.3. The van der Waals surface area contributed by atoms with Gasteiger partial charge in [-0.15, -0.1) is 0 Å². The molecule has 0 heterocycles. The zero-order chi connectivity index (χ0) is 19.1. The molecule has 0 aliphatic rings. The Labute approximate surface area is 152 Å². The SMILES string of the molecule is O=C(COC(=O)CNC(=O)c1ccccc1F)Nc1ccc(F)cc1Cl. The molecule has 0 saturated heterocycles. The summed E-state index contributed by atoms with van der Waals surface area (Å²) in [5.41, 5.74) is -0.0639. The van der Waals surface area contributed by atoms with Crippen molar-refractivity contribution in [3.8, 4) is 0 Å². The van der Waals surface area contributed by atoms with Gasteiger partial charge in [-0.1, -0.05) is 23.7 Å². The molecule has 9 heteroatoms. The number of ether oxygens (including phenoxy) is 1. The lowest BCUT2D eigenvalue weighted by molar-refractivity contribution is -0.146. The van der Waals surface area contributed by atoms with E-state index in [1.807, 2.05) is 0 Å². The number of carbonyl (C=O) groups excluding carboxylic acids is 3. The highest BCUT2D eigenvalue weighted by molar-refractivity contribution is 6.33. The Morgan fingerprint density at radius 3 is 2.50 bits per heavy atom. The summed E-state index contributed by atoms with van der Waals surface area (Å²) in [4.78, 5) is 35.0. The fraction of sp³-hybridized carbons (Fsp3) is 0.118. The summed E-state index contributed by atoms with van der Waals surface area (Å²) in [6, 6.07) is 8.64. The molecule has 26 heavy (non-hydrogen) atoms. The predicted molar refractivity (Wildman–Crippen MR) is 89.7 cm³/mol. The van der Waals surface area contributed by atoms with E-state index in [0.29, 0.717) is 0 Å². The van der Waals surface area contributed by atoms with Gasteiger partial charge in [0.15, 0.2) is 6.61 Å². The van der Waals surface area contributed by atoms with Crippen molar-refractivity contribution in [2.45, 2.75) is 0 Å². The van der Waals surface area contributed by atoms with Gasteiger partial charge >= 0.3 is 5.97 Å². The van der Waals surface area contributed by atoms with Crippen molar-refractivity contribution in [3.05, 3.63) is 64.7 Å². The molecule has 0 radical (unpaired) electrons. The second kappa shape index (κ2) is 8.91. The third-order valence-corrected chi connectivity index (χ3v) is 3.39. The Morgan fingerprint density at radius 1 is 1.08 bits per heavy atom. The van der Waals surface area contributed by atoms with Gasteiger partial charge in [-0.2, -0.15) is 0 Å². The van der Waals surface area contributed by atoms with Crippen molar-refractivity contribution in [2.75, 3.05) is 18.5 Å². The molecule has 0 spiro atoms. The Kier molecular flexibility index (Phi) is 6.62. The van der Waals surface area contributed by atoms with E-state index in [0.717, 1.165) is 18.2 Å². The van der Waals surface area contributed by atoms with E-state index in [-0.39, 0.29) is 16.3 Å². The van der Waals surface area contributed by atoms with Gasteiger partial charge in [0.25, 0.3) is 11.8 Å². The molecule has 6 nitrogen and oxygen atoms in total. The van der Waals surface area contributed by atoms with Crippen LogP contribution in [-0.4, -0.2) is 30.9 Å². The van der Waals surface area contributed by atoms with Crippen molar-refractivity contribution in [1.82, 2.24) is 5.32 Å². The summed E-state index contributed by atoms with van der Waals surface area (Å²) >= 11 is 5.75. The van der Waals surface area contributed by atoms with Crippen molar-refractivity contribution >= 4 is 35.1 Å². The Bertz CT molecular complexity index is 845. The quantitative estimate of drug-likeness (QED) is 0.752. The molecule has 2 aromatic carbocycles. The minimum atomic E-state index is -0.893. The predicted octanol–water partition coefficient (Wildman–Crippen LogP) is 2.53. The number of rotatable bonds is 6. The number of hydrogen-bond donors (Lipinski definition) is 2. The Hall–Kier alpha value is -3.00. The average Bonchev–Trinajstić information content (AvgIpc) is 2.60. The van der Waals surface area contributed by atoms with Crippen LogP contribution < -0.4 is 10.6 Å². The normalized spacial score (nSPS) is 10.1. The first-order valence-corrected chi connectivity index (χ1v) is 7.68. The standard InChI is InChI=1S/C17H13ClF2N2O4/c18-12-7-10(19)5-6-14(12)22-15(23)9-26-16(24)8-21-17(25)11-3-1-2-4-13(11)20/h1-7H,8-9H2,(H,21,25)(H,22,23). The molecule has 0 atom stereocenters. The van der Waals surface area contributed by atoms with E-state index >= 15 is 0 Å². The van der Waals surface area contributed by atoms with Gasteiger partial charge in [0, 0.05) is 0 Å². The van der Waals surface area contributed by atoms with Crippen LogP contribution in [0.2, 0.25) is 5.02 Å². The molecule has 0 bridgehead atoms. The highest BCUT2D eigenvalue weighted by Crippen LogP contribution is 2.22. The lowest BCUT2D eigenvalue weighted by Crippen LogP contribution is -2.32. The van der Waals surface area contributed by atoms with Gasteiger partial charge < -0.3 is 15.4 Å². The fourth-order valence-electron chi connectivity index (χ4n) is 1.87. The summed E-state index contributed by atoms with van der Waals surface area (Å²) in [5, 5.41) is 4.51. The van der Waals surface area contributed by atoms with E-state index in [9.17, 15) is 23.2 Å². The molecule has 0 saturated carbocycles. The van der Waals surface area contributed by atoms with Crippen LogP contribution in [0.25, 0.3) is 0 Å². The molecule has 0 aliphatic heterocycles. The van der Waals surface area contributed by atoms with Gasteiger partial charge in [0.2, 0.25) is 0 Å². The van der Waals surface area contributed by atoms with Gasteiger partial charge in [0.1, 0.15) is 18.2 Å². The zero-order valence-corrected chi connectivity index (χ0v) is 14.0. The smallest absolute Gasteiger partial charge is 0.325 e. The van der Waals surface area contributed by atoms with Gasteiger partial charge in [-0.25, -0.2) is 8.78 Å². The lowest BCUT2D eigenvalue weighted by Gasteiger charge is -2.09. The van der Waals surface area contributed by atoms with Crippen LogP contribution in [0.3, 0.4) is 0 Å². The van der Waals surface area contributed by atoms with Crippen LogP contribution in [-0.2, 0) is 14.3 Å². The van der Waals surface area contributed by atoms with Crippen LogP contribution in [0, 0.1) is 11.6 Å². The summed E-state index contributed by atoms with van der Waals surface area (Å²) in [7, 11) is 0. The number of halogens is 3. The number of carbonyl (C=O) groups is 3. The molecule has 2 N–H and O–H groups in total. The van der Waals surface area contributed by atoms with Crippen LogP contribution in [0.1, 0.15) is 10.4 Å². The van der Waals surface area contributed by atoms with E-state index in [1.54, 1.807) is 0 Å². The van der Waals surface area contributed by atoms with Crippen LogP contribution >= 0.6 is 11.6 Å². The maximum Gasteiger partial charge on any atom is 0.325 e. The number of nitrogens with one attached hydrogen (secondary N) is 2. The van der Waals surface area contributed by atoms with Crippen molar-refractivity contribution in [1.29, 1.82) is 0 Å². The van der Waals surface area contributed by atoms with Gasteiger partial charge in [-0.3, -0.25) is 14.4 Å². The first-order valence-electron chi connectivity index (χ1n) is 7.30. The van der Waals surface area contributed by atoms with E-state index in [1.165, 1.54) is 24.3 Å². The second-order valence-electron chi connectivity index (χ2n) is 5.00. The van der Waals surface area contributed by atoms with Crippen LogP contribution in [0.15, 0.2) is 42.5 Å². The largest absolute Gasteiger partial charge is 0.454 e. The monoisotopic (exact) mass is 382 g/mol. The maximum atomic E-state index is 13.4. The fourth-order valence-corrected chi connectivity index (χ4v) is 2.08. The minimum absolute atomic E-state index is 0.0122. The number of esters is 1. The molecule has 0 fully saturated rings. The molecule has 136 valence electrons. The molecule has 2 aromatic rings. The molecule has 0 aromatic heterocycles. The number of anilines is 1. The third kappa shape index (κ3) is 5.52. The topological polar surface area (TPSA) is 84.5 Å². The number of amides is 2. The van der Waals surface area contributed by atoms with Crippen LogP contribution in [0.5, 0.6) is 0 Å². The first-order chi connectivity index (χ1) is 12.4. The molecule has 0 unspecified atom stereocenters. The minimum Gasteiger partial charge on any atom is -0.454 e. The average molecular weight is 383 g/mol. The maximum absolute atomic E-state index is 13.4. The molecular weight excluding hydrogens is 370 g/mol. The summed E-state index contributed by atoms with van der Waals surface area (Å²) in [6.07, 6.45) is 0. The van der Waals surface area contributed by atoms with E-state index in [4.69, 9.17) is 11.6 Å². The highest BCUT2D eigenvalue weighted by Gasteiger charge is 2.14. The third-order valence-electron chi connectivity index (χ3n) is 3.08.